The Morgan fingerprint density at radius 3 is 2.10 bits per heavy atom. The normalized spacial score (nSPS) is 21.0. The summed E-state index contributed by atoms with van der Waals surface area (Å²) in [4.78, 5) is 68.8. The Hall–Kier alpha value is -3.00. The van der Waals surface area contributed by atoms with Crippen molar-refractivity contribution in [3.8, 4) is 0 Å². The number of urea groups is 1. The van der Waals surface area contributed by atoms with Crippen LogP contribution in [0.5, 0.6) is 0 Å². The summed E-state index contributed by atoms with van der Waals surface area (Å²) in [5, 5.41) is 11.0. The van der Waals surface area contributed by atoms with Gasteiger partial charge in [-0.2, -0.15) is 4.31 Å². The van der Waals surface area contributed by atoms with Gasteiger partial charge in [0.05, 0.1) is 11.8 Å². The highest BCUT2D eigenvalue weighted by molar-refractivity contribution is 7.89. The van der Waals surface area contributed by atoms with Crippen molar-refractivity contribution in [3.05, 3.63) is 12.7 Å². The van der Waals surface area contributed by atoms with Crippen LogP contribution in [0.3, 0.4) is 0 Å². The van der Waals surface area contributed by atoms with Crippen molar-refractivity contribution < 1.29 is 32.4 Å². The molecule has 13 nitrogen and oxygen atoms in total. The van der Waals surface area contributed by atoms with E-state index in [0.717, 1.165) is 12.8 Å². The van der Waals surface area contributed by atoms with E-state index in [4.69, 9.17) is 0 Å². The SMILES string of the molecule is C=CCNC(=O)C(=O)C(CCCC)NC(=O)[C@H](C)N(C[C@H]1CC1(C)C)C(=O)[C@@H](NC(=O)N[C@H](CN1CCCS1(=O)=O)C(C)(C)C)C(C)(C)C. The van der Waals surface area contributed by atoms with Crippen LogP contribution in [0.4, 0.5) is 4.79 Å². The van der Waals surface area contributed by atoms with Gasteiger partial charge in [0.1, 0.15) is 12.1 Å². The highest BCUT2D eigenvalue weighted by atomic mass is 32.2. The van der Waals surface area contributed by atoms with E-state index in [-0.39, 0.29) is 43.1 Å². The highest BCUT2D eigenvalue weighted by Gasteiger charge is 2.49. The zero-order chi connectivity index (χ0) is 37.5. The van der Waals surface area contributed by atoms with E-state index in [1.165, 1.54) is 15.3 Å². The Kier molecular flexibility index (Phi) is 14.5. The lowest BCUT2D eigenvalue weighted by molar-refractivity contribution is -0.145. The van der Waals surface area contributed by atoms with E-state index in [2.05, 4.69) is 41.7 Å². The molecule has 1 heterocycles. The first-order chi connectivity index (χ1) is 22.5. The summed E-state index contributed by atoms with van der Waals surface area (Å²) in [6.07, 6.45) is 4.45. The number of hydrogen-bond acceptors (Lipinski definition) is 7. The number of carbonyl (C=O) groups is 5. The summed E-state index contributed by atoms with van der Waals surface area (Å²) >= 11 is 0. The summed E-state index contributed by atoms with van der Waals surface area (Å²) in [5.74, 6) is -2.42. The molecule has 5 amide bonds. The van der Waals surface area contributed by atoms with Crippen LogP contribution in [-0.2, 0) is 29.2 Å². The second-order valence-corrected chi connectivity index (χ2v) is 18.6. The van der Waals surface area contributed by atoms with Gasteiger partial charge in [-0.05, 0) is 48.3 Å². The molecule has 280 valence electrons. The van der Waals surface area contributed by atoms with E-state index in [0.29, 0.717) is 19.4 Å². The van der Waals surface area contributed by atoms with Crippen LogP contribution < -0.4 is 21.3 Å². The number of nitrogens with zero attached hydrogens (tertiary/aromatic N) is 2. The first kappa shape index (κ1) is 42.2. The zero-order valence-corrected chi connectivity index (χ0v) is 32.2. The van der Waals surface area contributed by atoms with E-state index >= 15 is 0 Å². The van der Waals surface area contributed by atoms with Gasteiger partial charge in [0.25, 0.3) is 5.91 Å². The largest absolute Gasteiger partial charge is 0.346 e. The quantitative estimate of drug-likeness (QED) is 0.133. The molecule has 2 aliphatic rings. The topological polar surface area (TPSA) is 174 Å². The molecule has 0 aromatic heterocycles. The van der Waals surface area contributed by atoms with E-state index < -0.39 is 74.6 Å². The molecule has 0 spiro atoms. The third-order valence-electron chi connectivity index (χ3n) is 9.70. The van der Waals surface area contributed by atoms with E-state index in [9.17, 15) is 32.4 Å². The number of sulfonamides is 1. The van der Waals surface area contributed by atoms with Gasteiger partial charge in [0, 0.05) is 32.2 Å². The summed E-state index contributed by atoms with van der Waals surface area (Å²) in [6, 6.07) is -4.31. The van der Waals surface area contributed by atoms with Gasteiger partial charge < -0.3 is 26.2 Å². The minimum absolute atomic E-state index is 0.0323. The molecule has 0 aromatic carbocycles. The second kappa shape index (κ2) is 16.8. The molecule has 1 aliphatic carbocycles. The molecule has 0 bridgehead atoms. The van der Waals surface area contributed by atoms with Crippen molar-refractivity contribution in [2.24, 2.45) is 22.2 Å². The standard InChI is InChI=1S/C35H62N6O7S/c1-12-14-16-25(27(42)30(44)36-17-13-2)37-29(43)23(3)41(21-24-20-35(24,10)11)31(45)28(34(7,8)9)39-32(46)38-26(33(4,5)6)22-40-18-15-19-49(40,47)48/h13,23-26,28H,2,12,14-22H2,1,3-11H3,(H,36,44)(H,37,43)(H2,38,39,46)/t23-,24+,25?,26+,28+/m0/s1. The summed E-state index contributed by atoms with van der Waals surface area (Å²) < 4.78 is 26.5. The van der Waals surface area contributed by atoms with Crippen molar-refractivity contribution >= 4 is 39.6 Å². The number of Topliss-reactive ketones (excluding diaryl/α,β-unsaturated/α-hetero) is 1. The Morgan fingerprint density at radius 2 is 1.63 bits per heavy atom. The molecular weight excluding hydrogens is 648 g/mol. The van der Waals surface area contributed by atoms with Crippen molar-refractivity contribution in [2.75, 3.05) is 31.9 Å². The van der Waals surface area contributed by atoms with Gasteiger partial charge in [-0.3, -0.25) is 19.2 Å². The van der Waals surface area contributed by atoms with E-state index in [1.54, 1.807) is 6.92 Å². The Morgan fingerprint density at radius 1 is 1.02 bits per heavy atom. The van der Waals surface area contributed by atoms with Gasteiger partial charge in [0.15, 0.2) is 0 Å². The average Bonchev–Trinajstić information content (AvgIpc) is 3.45. The first-order valence-corrected chi connectivity index (χ1v) is 19.2. The third kappa shape index (κ3) is 12.1. The van der Waals surface area contributed by atoms with Crippen LogP contribution in [0, 0.1) is 22.2 Å². The van der Waals surface area contributed by atoms with Gasteiger partial charge in [-0.25, -0.2) is 13.2 Å². The van der Waals surface area contributed by atoms with Gasteiger partial charge in [-0.1, -0.05) is 81.2 Å². The Balaban J connectivity index is 2.34. The lowest BCUT2D eigenvalue weighted by Gasteiger charge is -2.39. The summed E-state index contributed by atoms with van der Waals surface area (Å²) in [7, 11) is -3.40. The van der Waals surface area contributed by atoms with Gasteiger partial charge in [0.2, 0.25) is 27.6 Å². The fourth-order valence-electron chi connectivity index (χ4n) is 5.87. The third-order valence-corrected chi connectivity index (χ3v) is 11.6. The maximum Gasteiger partial charge on any atom is 0.315 e. The summed E-state index contributed by atoms with van der Waals surface area (Å²) in [6.45, 7) is 23.3. The number of hydrogen-bond donors (Lipinski definition) is 4. The smallest absolute Gasteiger partial charge is 0.315 e. The number of unbranched alkanes of at least 4 members (excludes halogenated alkanes) is 1. The number of nitrogens with one attached hydrogen (secondary N) is 4. The maximum absolute atomic E-state index is 14.5. The predicted octanol–water partition coefficient (Wildman–Crippen LogP) is 2.96. The molecule has 2 rings (SSSR count). The fraction of sp³-hybridized carbons (Fsp3) is 0.800. The first-order valence-electron chi connectivity index (χ1n) is 17.5. The van der Waals surface area contributed by atoms with Crippen molar-refractivity contribution in [1.29, 1.82) is 0 Å². The van der Waals surface area contributed by atoms with Crippen LogP contribution >= 0.6 is 0 Å². The molecule has 0 aromatic rings. The molecule has 1 unspecified atom stereocenters. The highest BCUT2D eigenvalue weighted by Crippen LogP contribution is 2.52. The second-order valence-electron chi connectivity index (χ2n) is 16.5. The molecular formula is C35H62N6O7S. The van der Waals surface area contributed by atoms with Crippen LogP contribution in [-0.4, -0.2) is 103 Å². The average molecular weight is 711 g/mol. The molecule has 2 fully saturated rings. The van der Waals surface area contributed by atoms with Crippen LogP contribution in [0.15, 0.2) is 12.7 Å². The Labute approximate surface area is 294 Å². The van der Waals surface area contributed by atoms with Crippen molar-refractivity contribution in [1.82, 2.24) is 30.5 Å². The fourth-order valence-corrected chi connectivity index (χ4v) is 7.40. The number of ketones is 1. The predicted molar refractivity (Wildman–Crippen MR) is 191 cm³/mol. The molecule has 14 heteroatoms. The van der Waals surface area contributed by atoms with E-state index in [1.807, 2.05) is 48.5 Å². The summed E-state index contributed by atoms with van der Waals surface area (Å²) in [5.41, 5.74) is -1.31. The van der Waals surface area contributed by atoms with Gasteiger partial charge in [-0.15, -0.1) is 6.58 Å². The minimum Gasteiger partial charge on any atom is -0.346 e. The number of rotatable bonds is 17. The lowest BCUT2D eigenvalue weighted by Crippen LogP contribution is -2.62. The molecule has 1 saturated carbocycles. The van der Waals surface area contributed by atoms with Crippen LogP contribution in [0.25, 0.3) is 0 Å². The zero-order valence-electron chi connectivity index (χ0n) is 31.4. The van der Waals surface area contributed by atoms with Gasteiger partial charge >= 0.3 is 6.03 Å². The number of carbonyl (C=O) groups excluding carboxylic acids is 5. The molecule has 5 atom stereocenters. The van der Waals surface area contributed by atoms with Crippen molar-refractivity contribution in [3.63, 3.8) is 0 Å². The lowest BCUT2D eigenvalue weighted by atomic mass is 9.85. The molecule has 49 heavy (non-hydrogen) atoms. The monoisotopic (exact) mass is 710 g/mol. The molecule has 1 aliphatic heterocycles. The molecule has 1 saturated heterocycles. The van der Waals surface area contributed by atoms with Crippen molar-refractivity contribution in [2.45, 2.75) is 126 Å². The number of amides is 5. The van der Waals surface area contributed by atoms with Crippen LogP contribution in [0.2, 0.25) is 0 Å². The maximum atomic E-state index is 14.5. The molecule has 4 N–H and O–H groups in total. The van der Waals surface area contributed by atoms with Crippen LogP contribution in [0.1, 0.15) is 101 Å². The molecule has 0 radical (unpaired) electrons. The Bertz CT molecular complexity index is 1330. The minimum atomic E-state index is -3.40.